The van der Waals surface area contributed by atoms with Crippen molar-refractivity contribution in [2.45, 2.75) is 0 Å². The molecule has 0 N–H and O–H groups in total. The number of hydrogen-bond donors (Lipinski definition) is 0. The largest absolute Gasteiger partial charge is 0.456 e. The van der Waals surface area contributed by atoms with Crippen molar-refractivity contribution in [1.29, 1.82) is 0 Å². The molecular weight excluding hydrogens is 1810 g/mol. The first kappa shape index (κ1) is 84.7. The Kier molecular flexibility index (Phi) is 20.0. The summed E-state index contributed by atoms with van der Waals surface area (Å²) in [7, 11) is 0. The molecule has 7 aromatic heterocycles. The van der Waals surface area contributed by atoms with Gasteiger partial charge in [-0.3, -0.25) is 0 Å². The van der Waals surface area contributed by atoms with Gasteiger partial charge in [0.15, 0.2) is 52.4 Å². The van der Waals surface area contributed by atoms with Gasteiger partial charge in [-0.25, -0.2) is 44.9 Å². The van der Waals surface area contributed by atoms with Crippen molar-refractivity contribution >= 4 is 185 Å². The molecule has 13 heteroatoms. The molecule has 0 saturated carbocycles. The van der Waals surface area contributed by atoms with Crippen LogP contribution >= 0.6 is 0 Å². The number of furan rings is 4. The second-order valence-corrected chi connectivity index (χ2v) is 37.5. The van der Waals surface area contributed by atoms with E-state index in [4.69, 9.17) is 62.5 Å². The molecule has 31 aromatic rings. The summed E-state index contributed by atoms with van der Waals surface area (Å²) in [6.45, 7) is 0. The first-order valence-corrected chi connectivity index (χ1v) is 49.6. The van der Waals surface area contributed by atoms with E-state index in [1.54, 1.807) is 0 Å². The van der Waals surface area contributed by atoms with Gasteiger partial charge in [-0.15, -0.1) is 0 Å². The molecule has 0 saturated heterocycles. The fraction of sp³-hybridized carbons (Fsp3) is 0. The summed E-state index contributed by atoms with van der Waals surface area (Å²) in [5.74, 6) is 5.52. The highest BCUT2D eigenvalue weighted by atomic mass is 16.3. The first-order valence-electron chi connectivity index (χ1n) is 49.6. The summed E-state index contributed by atoms with van der Waals surface area (Å²) in [5, 5.41) is 29.5. The number of fused-ring (bicyclic) bond motifs is 25. The fourth-order valence-electron chi connectivity index (χ4n) is 22.0. The zero-order valence-corrected chi connectivity index (χ0v) is 79.3. The number of nitrogens with zero attached hydrogens (tertiary/aromatic N) is 9. The Balaban J connectivity index is 0.000000105. The minimum absolute atomic E-state index is 0.549. The summed E-state index contributed by atoms with van der Waals surface area (Å²) in [5.41, 5.74) is 19.4. The maximum atomic E-state index is 6.43. The highest BCUT2D eigenvalue weighted by Gasteiger charge is 2.27. The van der Waals surface area contributed by atoms with E-state index in [1.165, 1.54) is 53.9 Å². The molecule has 148 heavy (non-hydrogen) atoms. The third kappa shape index (κ3) is 14.6. The molecule has 0 bridgehead atoms. The topological polar surface area (TPSA) is 169 Å². The standard InChI is InChI=1S/C49H29N3O.C45H27N3O.C41H23N3O2/c1-3-14-34-32(12-1)28-42(39-18-7-5-16-37(34)39)48-50-47(51-49(52-48)43-29-33-13-2-4-15-35(33)38-17-6-8-19-40(38)43)31-26-24-30(25-27-31)36-21-11-23-45-46(36)41-20-9-10-22-44(41)53-45;1-2-12-29(13-3-1)43-46-44(32-23-24-36-31(25-32)22-21-28-11-4-6-15-34(28)36)48-45(47-43)39-27-33(26-30-14-5-7-16-35(30)39)37-18-10-20-41-42(37)38-17-8-9-19-40(38)49-41;1-2-10-27-24(9-1)19-20-25-23-26(21-22-28(25)27)39-42-40(32-14-8-18-36-37(32)31-12-4-6-17-35(31)45-36)44-41(43-39)33-15-7-13-30-29-11-3-5-16-34(29)46-38(30)33/h1-29H;1-27H;1-23H. The molecular formula is C135H79N9O4. The molecule has 0 aliphatic carbocycles. The van der Waals surface area contributed by atoms with Crippen LogP contribution in [0.3, 0.4) is 0 Å². The first-order chi connectivity index (χ1) is 73.3. The van der Waals surface area contributed by atoms with E-state index in [-0.39, 0.29) is 0 Å². The third-order valence-electron chi connectivity index (χ3n) is 28.9. The average molecular weight is 1890 g/mol. The summed E-state index contributed by atoms with van der Waals surface area (Å²) >= 11 is 0. The summed E-state index contributed by atoms with van der Waals surface area (Å²) in [4.78, 5) is 46.6. The Bertz CT molecular complexity index is 10800. The van der Waals surface area contributed by atoms with E-state index in [0.717, 1.165) is 203 Å². The molecule has 31 rings (SSSR count). The highest BCUT2D eigenvalue weighted by molar-refractivity contribution is 6.20. The number of hydrogen-bond acceptors (Lipinski definition) is 13. The molecule has 24 aromatic carbocycles. The Hall–Kier alpha value is -20.2. The van der Waals surface area contributed by atoms with Crippen LogP contribution < -0.4 is 0 Å². The lowest BCUT2D eigenvalue weighted by Gasteiger charge is -2.14. The Morgan fingerprint density at radius 3 is 0.872 bits per heavy atom. The highest BCUT2D eigenvalue weighted by Crippen LogP contribution is 2.47. The Morgan fingerprint density at radius 2 is 0.385 bits per heavy atom. The van der Waals surface area contributed by atoms with Crippen LogP contribution in [0.15, 0.2) is 497 Å². The lowest BCUT2D eigenvalue weighted by molar-refractivity contribution is 0.668. The molecule has 0 unspecified atom stereocenters. The summed E-state index contributed by atoms with van der Waals surface area (Å²) < 4.78 is 25.1. The van der Waals surface area contributed by atoms with Gasteiger partial charge in [-0.2, -0.15) is 0 Å². The van der Waals surface area contributed by atoms with Gasteiger partial charge in [0, 0.05) is 87.6 Å². The monoisotopic (exact) mass is 1890 g/mol. The van der Waals surface area contributed by atoms with Gasteiger partial charge in [-0.1, -0.05) is 394 Å². The van der Waals surface area contributed by atoms with E-state index in [0.29, 0.717) is 52.4 Å². The second kappa shape index (κ2) is 34.9. The van der Waals surface area contributed by atoms with E-state index < -0.39 is 0 Å². The van der Waals surface area contributed by atoms with Gasteiger partial charge >= 0.3 is 0 Å². The quantitative estimate of drug-likeness (QED) is 0.112. The lowest BCUT2D eigenvalue weighted by atomic mass is 9.93. The minimum Gasteiger partial charge on any atom is -0.456 e. The maximum Gasteiger partial charge on any atom is 0.167 e. The average Bonchev–Trinajstić information content (AvgIpc) is 0.901. The molecule has 13 nitrogen and oxygen atoms in total. The molecule has 688 valence electrons. The van der Waals surface area contributed by atoms with E-state index >= 15 is 0 Å². The van der Waals surface area contributed by atoms with E-state index in [1.807, 2.05) is 115 Å². The second-order valence-electron chi connectivity index (χ2n) is 37.5. The van der Waals surface area contributed by atoms with E-state index in [9.17, 15) is 0 Å². The van der Waals surface area contributed by atoms with Gasteiger partial charge in [0.1, 0.15) is 44.7 Å². The zero-order chi connectivity index (χ0) is 97.4. The van der Waals surface area contributed by atoms with Gasteiger partial charge in [-0.05, 0) is 204 Å². The van der Waals surface area contributed by atoms with Crippen molar-refractivity contribution in [3.8, 4) is 125 Å². The smallest absolute Gasteiger partial charge is 0.167 e. The van der Waals surface area contributed by atoms with Gasteiger partial charge in [0.05, 0.1) is 5.56 Å². The Morgan fingerprint density at radius 1 is 0.115 bits per heavy atom. The summed E-state index contributed by atoms with van der Waals surface area (Å²) in [6.07, 6.45) is 0. The van der Waals surface area contributed by atoms with Crippen LogP contribution in [-0.2, 0) is 0 Å². The van der Waals surface area contributed by atoms with Crippen molar-refractivity contribution < 1.29 is 17.7 Å². The minimum atomic E-state index is 0.549. The van der Waals surface area contributed by atoms with Crippen LogP contribution in [-0.4, -0.2) is 44.9 Å². The number of benzene rings is 24. The Labute approximate surface area is 845 Å². The number of rotatable bonds is 11. The van der Waals surface area contributed by atoms with Crippen LogP contribution in [0, 0.1) is 0 Å². The molecule has 0 fully saturated rings. The summed E-state index contributed by atoms with van der Waals surface area (Å²) in [6, 6.07) is 166. The predicted molar refractivity (Wildman–Crippen MR) is 606 cm³/mol. The molecule has 0 spiro atoms. The lowest BCUT2D eigenvalue weighted by Crippen LogP contribution is -2.01. The number of para-hydroxylation sites is 5. The normalized spacial score (nSPS) is 11.8. The van der Waals surface area contributed by atoms with Crippen molar-refractivity contribution in [2.24, 2.45) is 0 Å². The molecule has 0 atom stereocenters. The predicted octanol–water partition coefficient (Wildman–Crippen LogP) is 35.9. The van der Waals surface area contributed by atoms with Crippen molar-refractivity contribution in [3.63, 3.8) is 0 Å². The van der Waals surface area contributed by atoms with Crippen molar-refractivity contribution in [2.75, 3.05) is 0 Å². The van der Waals surface area contributed by atoms with Crippen LogP contribution in [0.5, 0.6) is 0 Å². The zero-order valence-electron chi connectivity index (χ0n) is 79.3. The van der Waals surface area contributed by atoms with Crippen molar-refractivity contribution in [3.05, 3.63) is 479 Å². The number of aromatic nitrogens is 9. The maximum absolute atomic E-state index is 6.43. The molecule has 0 aliphatic heterocycles. The van der Waals surface area contributed by atoms with E-state index in [2.05, 4.69) is 364 Å². The molecule has 0 amide bonds. The fourth-order valence-corrected chi connectivity index (χ4v) is 22.0. The third-order valence-corrected chi connectivity index (χ3v) is 28.9. The van der Waals surface area contributed by atoms with Crippen LogP contribution in [0.4, 0.5) is 0 Å². The van der Waals surface area contributed by atoms with Gasteiger partial charge in [0.2, 0.25) is 0 Å². The molecule has 7 heterocycles. The van der Waals surface area contributed by atoms with Gasteiger partial charge < -0.3 is 17.7 Å². The molecule has 0 radical (unpaired) electrons. The van der Waals surface area contributed by atoms with Gasteiger partial charge in [0.25, 0.3) is 0 Å². The van der Waals surface area contributed by atoms with Crippen molar-refractivity contribution in [1.82, 2.24) is 44.9 Å². The SMILES string of the molecule is c1ccc(-c2nc(-c3ccc4c(ccc5ccccc54)c3)nc(-c3cc(-c4cccc5oc6ccccc6c45)cc4ccccc34)n2)cc1.c1ccc2c(c1)cc(-c1nc(-c3ccc(-c4cccc5oc6ccccc6c45)cc3)nc(-c3cc4ccccc4c4ccccc34)n1)c1ccccc12.c1ccc2c(c1)ccc1cc(-c3nc(-c4cccc5c4oc4ccccc45)nc(-c4cccc5oc6ccccc6c45)n3)ccc12. The molecule has 0 aliphatic rings. The van der Waals surface area contributed by atoms with Crippen LogP contribution in [0.1, 0.15) is 0 Å². The van der Waals surface area contributed by atoms with Crippen LogP contribution in [0.25, 0.3) is 309 Å². The van der Waals surface area contributed by atoms with Crippen LogP contribution in [0.2, 0.25) is 0 Å².